The van der Waals surface area contributed by atoms with E-state index in [2.05, 4.69) is 34.4 Å². The fourth-order valence-electron chi connectivity index (χ4n) is 2.95. The van der Waals surface area contributed by atoms with Crippen LogP contribution in [0.5, 0.6) is 0 Å². The molecule has 1 atom stereocenters. The van der Waals surface area contributed by atoms with E-state index in [1.807, 2.05) is 0 Å². The van der Waals surface area contributed by atoms with E-state index in [1.54, 1.807) is 0 Å². The van der Waals surface area contributed by atoms with E-state index in [4.69, 9.17) is 0 Å². The summed E-state index contributed by atoms with van der Waals surface area (Å²) in [6, 6.07) is 0. The van der Waals surface area contributed by atoms with Gasteiger partial charge in [-0.3, -0.25) is 0 Å². The second-order valence-electron chi connectivity index (χ2n) is 4.87. The maximum Gasteiger partial charge on any atom is 0.0123 e. The highest BCUT2D eigenvalue weighted by Gasteiger charge is 2.44. The number of alkyl halides is 1. The Morgan fingerprint density at radius 3 is 2.77 bits per heavy atom. The number of hydrogen-bond acceptors (Lipinski definition) is 1. The van der Waals surface area contributed by atoms with Gasteiger partial charge in [0.1, 0.15) is 0 Å². The Bertz CT molecular complexity index is 177. The normalized spacial score (nSPS) is 33.2. The van der Waals surface area contributed by atoms with E-state index >= 15 is 0 Å². The van der Waals surface area contributed by atoms with Gasteiger partial charge in [0.25, 0.3) is 0 Å². The third-order valence-electron chi connectivity index (χ3n) is 4.21. The summed E-state index contributed by atoms with van der Waals surface area (Å²) in [6.07, 6.45) is 5.94. The smallest absolute Gasteiger partial charge is 0.0123 e. The lowest BCUT2D eigenvalue weighted by Gasteiger charge is -2.53. The summed E-state index contributed by atoms with van der Waals surface area (Å²) in [6.45, 7) is 6.54. The fraction of sp³-hybridized carbons (Fsp3) is 1.00. The van der Waals surface area contributed by atoms with Gasteiger partial charge in [-0.1, -0.05) is 35.9 Å². The van der Waals surface area contributed by atoms with Gasteiger partial charge in [-0.25, -0.2) is 0 Å². The molecule has 1 nitrogen and oxygen atoms in total. The summed E-state index contributed by atoms with van der Waals surface area (Å²) in [5.41, 5.74) is 0.754. The molecule has 0 aromatic heterocycles. The third kappa shape index (κ3) is 1.89. The molecule has 76 valence electrons. The van der Waals surface area contributed by atoms with Crippen LogP contribution in [0.3, 0.4) is 0 Å². The molecule has 2 fully saturated rings. The Morgan fingerprint density at radius 1 is 1.46 bits per heavy atom. The lowest BCUT2D eigenvalue weighted by atomic mass is 9.59. The van der Waals surface area contributed by atoms with Crippen LogP contribution in [0.2, 0.25) is 0 Å². The van der Waals surface area contributed by atoms with Crippen LogP contribution < -0.4 is 0 Å². The van der Waals surface area contributed by atoms with Gasteiger partial charge in [-0.2, -0.15) is 0 Å². The van der Waals surface area contributed by atoms with Crippen molar-refractivity contribution in [2.45, 2.75) is 32.6 Å². The summed E-state index contributed by atoms with van der Waals surface area (Å²) in [5, 5.41) is 0. The van der Waals surface area contributed by atoms with Crippen molar-refractivity contribution in [1.82, 2.24) is 4.90 Å². The molecule has 0 radical (unpaired) electrons. The molecule has 0 N–H and O–H groups in total. The average molecular weight is 293 g/mol. The van der Waals surface area contributed by atoms with Crippen molar-refractivity contribution >= 4 is 22.6 Å². The average Bonchev–Trinajstić information content (AvgIpc) is 2.06. The number of nitrogens with zero attached hydrogens (tertiary/aromatic N) is 1. The first-order chi connectivity index (χ1) is 6.27. The first-order valence-electron chi connectivity index (χ1n) is 5.55. The van der Waals surface area contributed by atoms with Gasteiger partial charge in [0, 0.05) is 17.5 Å². The van der Waals surface area contributed by atoms with Gasteiger partial charge >= 0.3 is 0 Å². The molecule has 0 aromatic rings. The van der Waals surface area contributed by atoms with E-state index in [9.17, 15) is 0 Å². The Labute approximate surface area is 95.4 Å². The molecular weight excluding hydrogens is 273 g/mol. The van der Waals surface area contributed by atoms with Crippen LogP contribution >= 0.6 is 22.6 Å². The second kappa shape index (κ2) is 4.05. The predicted octanol–water partition coefficient (Wildman–Crippen LogP) is 2.93. The molecule has 1 aliphatic heterocycles. The summed E-state index contributed by atoms with van der Waals surface area (Å²) in [5.74, 6) is 0.992. The van der Waals surface area contributed by atoms with Crippen molar-refractivity contribution in [2.24, 2.45) is 11.3 Å². The molecule has 2 heteroatoms. The van der Waals surface area contributed by atoms with Crippen molar-refractivity contribution in [2.75, 3.05) is 24.1 Å². The van der Waals surface area contributed by atoms with E-state index in [-0.39, 0.29) is 0 Å². The highest BCUT2D eigenvalue weighted by molar-refractivity contribution is 14.1. The maximum atomic E-state index is 2.69. The zero-order valence-electron chi connectivity index (χ0n) is 8.56. The molecule has 1 unspecified atom stereocenters. The molecule has 0 amide bonds. The van der Waals surface area contributed by atoms with Crippen LogP contribution in [0.1, 0.15) is 32.6 Å². The SMILES string of the molecule is CC1CCN(CCI)CC12CCC2. The molecule has 0 bridgehead atoms. The molecular formula is C11H20IN. The highest BCUT2D eigenvalue weighted by atomic mass is 127. The van der Waals surface area contributed by atoms with Crippen molar-refractivity contribution < 1.29 is 0 Å². The highest BCUT2D eigenvalue weighted by Crippen LogP contribution is 2.50. The molecule has 1 aliphatic carbocycles. The minimum atomic E-state index is 0.754. The van der Waals surface area contributed by atoms with E-state index < -0.39 is 0 Å². The Morgan fingerprint density at radius 2 is 2.23 bits per heavy atom. The first kappa shape index (κ1) is 10.2. The Kier molecular flexibility index (Phi) is 3.18. The third-order valence-corrected chi connectivity index (χ3v) is 4.69. The fourth-order valence-corrected chi connectivity index (χ4v) is 3.64. The van der Waals surface area contributed by atoms with Crippen LogP contribution in [0.15, 0.2) is 0 Å². The van der Waals surface area contributed by atoms with Gasteiger partial charge in [-0.15, -0.1) is 0 Å². The minimum Gasteiger partial charge on any atom is -0.302 e. The summed E-state index contributed by atoms with van der Waals surface area (Å²) in [4.78, 5) is 2.69. The van der Waals surface area contributed by atoms with Gasteiger partial charge in [-0.05, 0) is 37.1 Å². The number of rotatable bonds is 2. The zero-order chi connectivity index (χ0) is 9.31. The molecule has 1 heterocycles. The molecule has 1 saturated heterocycles. The predicted molar refractivity (Wildman–Crippen MR) is 65.4 cm³/mol. The minimum absolute atomic E-state index is 0.754. The maximum absolute atomic E-state index is 2.69. The molecule has 0 aromatic carbocycles. The van der Waals surface area contributed by atoms with Crippen LogP contribution in [0.25, 0.3) is 0 Å². The van der Waals surface area contributed by atoms with E-state index in [0.29, 0.717) is 0 Å². The number of halogens is 1. The standard InChI is InChI=1S/C11H20IN/c1-10-3-7-13(8-6-12)9-11(10)4-2-5-11/h10H,2-9H2,1H3. The van der Waals surface area contributed by atoms with Crippen LogP contribution in [0, 0.1) is 11.3 Å². The molecule has 13 heavy (non-hydrogen) atoms. The van der Waals surface area contributed by atoms with Gasteiger partial charge in [0.05, 0.1) is 0 Å². The zero-order valence-corrected chi connectivity index (χ0v) is 10.7. The summed E-state index contributed by atoms with van der Waals surface area (Å²) >= 11 is 2.50. The van der Waals surface area contributed by atoms with Gasteiger partial charge in [0.15, 0.2) is 0 Å². The molecule has 2 rings (SSSR count). The molecule has 1 spiro atoms. The topological polar surface area (TPSA) is 3.24 Å². The van der Waals surface area contributed by atoms with Crippen molar-refractivity contribution in [3.63, 3.8) is 0 Å². The van der Waals surface area contributed by atoms with Crippen LogP contribution in [-0.4, -0.2) is 29.0 Å². The van der Waals surface area contributed by atoms with Gasteiger partial charge in [0.2, 0.25) is 0 Å². The quantitative estimate of drug-likeness (QED) is 0.559. The van der Waals surface area contributed by atoms with Crippen molar-refractivity contribution in [3.05, 3.63) is 0 Å². The van der Waals surface area contributed by atoms with Crippen molar-refractivity contribution in [3.8, 4) is 0 Å². The largest absolute Gasteiger partial charge is 0.302 e. The van der Waals surface area contributed by atoms with E-state index in [0.717, 1.165) is 11.3 Å². The van der Waals surface area contributed by atoms with Gasteiger partial charge < -0.3 is 4.90 Å². The first-order valence-corrected chi connectivity index (χ1v) is 7.08. The number of hydrogen-bond donors (Lipinski definition) is 0. The lowest BCUT2D eigenvalue weighted by Crippen LogP contribution is -2.51. The molecule has 1 saturated carbocycles. The summed E-state index contributed by atoms with van der Waals surface area (Å²) in [7, 11) is 0. The Hall–Kier alpha value is 0.690. The van der Waals surface area contributed by atoms with E-state index in [1.165, 1.54) is 49.7 Å². The van der Waals surface area contributed by atoms with Crippen molar-refractivity contribution in [1.29, 1.82) is 0 Å². The lowest BCUT2D eigenvalue weighted by molar-refractivity contribution is -0.0256. The Balaban J connectivity index is 1.93. The molecule has 2 aliphatic rings. The van der Waals surface area contributed by atoms with Crippen LogP contribution in [0.4, 0.5) is 0 Å². The second-order valence-corrected chi connectivity index (χ2v) is 5.95. The van der Waals surface area contributed by atoms with Crippen LogP contribution in [-0.2, 0) is 0 Å². The monoisotopic (exact) mass is 293 g/mol. The summed E-state index contributed by atoms with van der Waals surface area (Å²) < 4.78 is 1.29. The number of piperidine rings is 1. The number of likely N-dealkylation sites (tertiary alicyclic amines) is 1.